The summed E-state index contributed by atoms with van der Waals surface area (Å²) in [4.78, 5) is 12.0. The second-order valence-corrected chi connectivity index (χ2v) is 4.74. The summed E-state index contributed by atoms with van der Waals surface area (Å²) >= 11 is 0. The molecule has 0 spiro atoms. The van der Waals surface area contributed by atoms with Gasteiger partial charge in [0.15, 0.2) is 0 Å². The van der Waals surface area contributed by atoms with Gasteiger partial charge in [0.25, 0.3) is 0 Å². The maximum absolute atomic E-state index is 12.0. The van der Waals surface area contributed by atoms with Gasteiger partial charge in [-0.2, -0.15) is 0 Å². The molecule has 1 aliphatic rings. The van der Waals surface area contributed by atoms with Crippen LogP contribution in [0.5, 0.6) is 0 Å². The van der Waals surface area contributed by atoms with Crippen LogP contribution in [0.4, 0.5) is 0 Å². The second kappa shape index (κ2) is 5.32. The molecule has 3 heteroatoms. The monoisotopic (exact) mass is 233 g/mol. The van der Waals surface area contributed by atoms with Crippen molar-refractivity contribution in [2.75, 3.05) is 6.54 Å². The Morgan fingerprint density at radius 3 is 3.06 bits per heavy atom. The van der Waals surface area contributed by atoms with E-state index in [1.165, 1.54) is 5.56 Å². The molecule has 2 N–H and O–H groups in total. The third-order valence-corrected chi connectivity index (χ3v) is 3.26. The van der Waals surface area contributed by atoms with Gasteiger partial charge < -0.3 is 10.4 Å². The van der Waals surface area contributed by atoms with Crippen molar-refractivity contribution in [1.82, 2.24) is 5.32 Å². The Labute approximate surface area is 102 Å². The molecule has 1 aromatic rings. The van der Waals surface area contributed by atoms with Crippen molar-refractivity contribution in [2.24, 2.45) is 0 Å². The normalized spacial score (nSPS) is 20.5. The van der Waals surface area contributed by atoms with E-state index in [1.807, 2.05) is 18.2 Å². The average molecular weight is 233 g/mol. The van der Waals surface area contributed by atoms with Crippen LogP contribution in [0.15, 0.2) is 24.3 Å². The van der Waals surface area contributed by atoms with E-state index < -0.39 is 6.10 Å². The molecule has 1 aliphatic carbocycles. The Balaban J connectivity index is 2.10. The zero-order chi connectivity index (χ0) is 12.3. The van der Waals surface area contributed by atoms with Gasteiger partial charge in [0.2, 0.25) is 5.91 Å². The van der Waals surface area contributed by atoms with Crippen LogP contribution < -0.4 is 5.32 Å². The molecule has 1 aromatic carbocycles. The van der Waals surface area contributed by atoms with Crippen LogP contribution in [-0.4, -0.2) is 23.7 Å². The van der Waals surface area contributed by atoms with Crippen molar-refractivity contribution in [3.63, 3.8) is 0 Å². The van der Waals surface area contributed by atoms with Crippen LogP contribution in [0, 0.1) is 0 Å². The van der Waals surface area contributed by atoms with Crippen LogP contribution in [0.1, 0.15) is 36.8 Å². The maximum atomic E-state index is 12.0. The highest BCUT2D eigenvalue weighted by Crippen LogP contribution is 2.31. The lowest BCUT2D eigenvalue weighted by molar-refractivity contribution is -0.123. The van der Waals surface area contributed by atoms with Crippen molar-refractivity contribution in [2.45, 2.75) is 38.2 Å². The number of rotatable bonds is 3. The summed E-state index contributed by atoms with van der Waals surface area (Å²) in [7, 11) is 0. The molecule has 0 bridgehead atoms. The number of aliphatic hydroxyl groups is 1. The highest BCUT2D eigenvalue weighted by atomic mass is 16.3. The highest BCUT2D eigenvalue weighted by molar-refractivity contribution is 5.84. The van der Waals surface area contributed by atoms with E-state index in [9.17, 15) is 9.90 Å². The Kier molecular flexibility index (Phi) is 3.79. The lowest BCUT2D eigenvalue weighted by Gasteiger charge is -2.24. The van der Waals surface area contributed by atoms with Crippen LogP contribution in [0.25, 0.3) is 0 Å². The molecule has 92 valence electrons. The first-order valence-corrected chi connectivity index (χ1v) is 6.22. The molecule has 0 aromatic heterocycles. The first-order valence-electron chi connectivity index (χ1n) is 6.22. The number of benzene rings is 1. The van der Waals surface area contributed by atoms with Gasteiger partial charge in [0.1, 0.15) is 0 Å². The van der Waals surface area contributed by atoms with Crippen LogP contribution >= 0.6 is 0 Å². The number of aryl methyl sites for hydroxylation is 1. The van der Waals surface area contributed by atoms with E-state index in [-0.39, 0.29) is 11.8 Å². The maximum Gasteiger partial charge on any atom is 0.227 e. The van der Waals surface area contributed by atoms with E-state index in [2.05, 4.69) is 11.4 Å². The number of hydrogen-bond acceptors (Lipinski definition) is 2. The van der Waals surface area contributed by atoms with Crippen LogP contribution in [0.3, 0.4) is 0 Å². The molecule has 1 amide bonds. The molecule has 0 saturated heterocycles. The molecule has 2 atom stereocenters. The number of amides is 1. The smallest absolute Gasteiger partial charge is 0.227 e. The second-order valence-electron chi connectivity index (χ2n) is 4.74. The van der Waals surface area contributed by atoms with Crippen molar-refractivity contribution in [1.29, 1.82) is 0 Å². The zero-order valence-electron chi connectivity index (χ0n) is 10.1. The predicted molar refractivity (Wildman–Crippen MR) is 66.8 cm³/mol. The molecule has 0 aliphatic heterocycles. The van der Waals surface area contributed by atoms with Gasteiger partial charge in [-0.1, -0.05) is 24.3 Å². The molecule has 0 saturated carbocycles. The number of aliphatic hydroxyl groups excluding tert-OH is 1. The van der Waals surface area contributed by atoms with E-state index in [1.54, 1.807) is 6.92 Å². The molecular weight excluding hydrogens is 214 g/mol. The SMILES string of the molecule is C[C@@H](O)CNC(=O)C1CCCc2ccccc21. The molecule has 0 fully saturated rings. The summed E-state index contributed by atoms with van der Waals surface area (Å²) in [5.74, 6) is -0.00301. The number of fused-ring (bicyclic) bond motifs is 1. The third kappa shape index (κ3) is 2.86. The minimum atomic E-state index is -0.488. The summed E-state index contributed by atoms with van der Waals surface area (Å²) in [5.41, 5.74) is 2.44. The molecule has 0 radical (unpaired) electrons. The fourth-order valence-corrected chi connectivity index (χ4v) is 2.40. The third-order valence-electron chi connectivity index (χ3n) is 3.26. The lowest BCUT2D eigenvalue weighted by Crippen LogP contribution is -2.35. The van der Waals surface area contributed by atoms with Gasteiger partial charge in [-0.05, 0) is 37.3 Å². The summed E-state index contributed by atoms with van der Waals surface area (Å²) in [6.07, 6.45) is 2.54. The van der Waals surface area contributed by atoms with Gasteiger partial charge in [-0.25, -0.2) is 0 Å². The van der Waals surface area contributed by atoms with E-state index in [0.717, 1.165) is 24.8 Å². The number of nitrogens with one attached hydrogen (secondary N) is 1. The van der Waals surface area contributed by atoms with E-state index >= 15 is 0 Å². The zero-order valence-corrected chi connectivity index (χ0v) is 10.1. The first-order chi connectivity index (χ1) is 8.18. The fraction of sp³-hybridized carbons (Fsp3) is 0.500. The van der Waals surface area contributed by atoms with Gasteiger partial charge in [-0.15, -0.1) is 0 Å². The highest BCUT2D eigenvalue weighted by Gasteiger charge is 2.25. The standard InChI is InChI=1S/C14H19NO2/c1-10(16)9-15-14(17)13-8-4-6-11-5-2-3-7-12(11)13/h2-3,5,7,10,13,16H,4,6,8-9H2,1H3,(H,15,17)/t10-,13?/m1/s1. The van der Waals surface area contributed by atoms with E-state index in [4.69, 9.17) is 0 Å². The summed E-state index contributed by atoms with van der Waals surface area (Å²) in [6, 6.07) is 8.15. The number of carbonyl (C=O) groups excluding carboxylic acids is 1. The summed E-state index contributed by atoms with van der Waals surface area (Å²) in [6.45, 7) is 2.01. The Bertz CT molecular complexity index is 401. The van der Waals surface area contributed by atoms with Crippen molar-refractivity contribution in [3.8, 4) is 0 Å². The van der Waals surface area contributed by atoms with Crippen molar-refractivity contribution in [3.05, 3.63) is 35.4 Å². The van der Waals surface area contributed by atoms with Gasteiger partial charge in [0, 0.05) is 6.54 Å². The molecule has 17 heavy (non-hydrogen) atoms. The van der Waals surface area contributed by atoms with Crippen molar-refractivity contribution < 1.29 is 9.90 Å². The Morgan fingerprint density at radius 1 is 1.53 bits per heavy atom. The van der Waals surface area contributed by atoms with Crippen molar-refractivity contribution >= 4 is 5.91 Å². The van der Waals surface area contributed by atoms with Gasteiger partial charge >= 0.3 is 0 Å². The molecule has 0 heterocycles. The Hall–Kier alpha value is -1.35. The molecular formula is C14H19NO2. The summed E-state index contributed by atoms with van der Waals surface area (Å²) in [5, 5.41) is 12.0. The molecule has 3 nitrogen and oxygen atoms in total. The minimum absolute atomic E-state index is 0.0399. The van der Waals surface area contributed by atoms with Gasteiger partial charge in [-0.3, -0.25) is 4.79 Å². The Morgan fingerprint density at radius 2 is 2.29 bits per heavy atom. The predicted octanol–water partition coefficient (Wildman–Crippen LogP) is 1.60. The average Bonchev–Trinajstić information content (AvgIpc) is 2.35. The minimum Gasteiger partial charge on any atom is -0.392 e. The van der Waals surface area contributed by atoms with Crippen LogP contribution in [0.2, 0.25) is 0 Å². The van der Waals surface area contributed by atoms with Crippen LogP contribution in [-0.2, 0) is 11.2 Å². The van der Waals surface area contributed by atoms with Gasteiger partial charge in [0.05, 0.1) is 12.0 Å². The number of hydrogen-bond donors (Lipinski definition) is 2. The number of carbonyl (C=O) groups is 1. The molecule has 2 rings (SSSR count). The van der Waals surface area contributed by atoms with E-state index in [0.29, 0.717) is 6.54 Å². The largest absolute Gasteiger partial charge is 0.392 e. The molecule has 1 unspecified atom stereocenters. The summed E-state index contributed by atoms with van der Waals surface area (Å²) < 4.78 is 0. The topological polar surface area (TPSA) is 49.3 Å². The lowest BCUT2D eigenvalue weighted by atomic mass is 9.82. The quantitative estimate of drug-likeness (QED) is 0.833. The first kappa shape index (κ1) is 12.1. The fourth-order valence-electron chi connectivity index (χ4n) is 2.40.